The molecule has 1 aromatic rings. The Labute approximate surface area is 181 Å². The minimum Gasteiger partial charge on any atom is -0.407 e. The molecule has 0 amide bonds. The number of rotatable bonds is 11. The Bertz CT molecular complexity index is 694. The molecule has 0 spiro atoms. The molecule has 4 nitrogen and oxygen atoms in total. The van der Waals surface area contributed by atoms with Gasteiger partial charge in [-0.25, -0.2) is 9.37 Å². The van der Waals surface area contributed by atoms with Crippen molar-refractivity contribution < 1.29 is 18.7 Å². The zero-order chi connectivity index (χ0) is 22.2. The van der Waals surface area contributed by atoms with Crippen LogP contribution in [0.5, 0.6) is 0 Å². The fourth-order valence-corrected chi connectivity index (χ4v) is 4.16. The second kappa shape index (κ2) is 11.5. The molecule has 0 aliphatic carbocycles. The number of aromatic nitrogens is 1. The van der Waals surface area contributed by atoms with Crippen LogP contribution in [0.1, 0.15) is 58.2 Å². The van der Waals surface area contributed by atoms with E-state index in [0.717, 1.165) is 17.0 Å². The van der Waals surface area contributed by atoms with Gasteiger partial charge in [0.1, 0.15) is 11.9 Å². The summed E-state index contributed by atoms with van der Waals surface area (Å²) in [5.41, 5.74) is 1.76. The monoisotopic (exact) mass is 443 g/mol. The van der Waals surface area contributed by atoms with Gasteiger partial charge in [-0.1, -0.05) is 32.4 Å². The molecule has 1 rings (SSSR count). The molecule has 0 fully saturated rings. The minimum atomic E-state index is -2.14. The highest BCUT2D eigenvalue weighted by Gasteiger charge is 2.39. The molecule has 0 radical (unpaired) electrons. The third kappa shape index (κ3) is 9.21. The fraction of sp³-hybridized carbons (Fsp3) is 0.682. The van der Waals surface area contributed by atoms with Crippen molar-refractivity contribution in [3.63, 3.8) is 0 Å². The molecule has 0 saturated carbocycles. The van der Waals surface area contributed by atoms with Crippen LogP contribution >= 0.6 is 11.3 Å². The number of aliphatic hydroxyl groups excluding tert-OH is 1. The third-order valence-corrected chi connectivity index (χ3v) is 10.6. The predicted molar refractivity (Wildman–Crippen MR) is 123 cm³/mol. The molecule has 0 aliphatic heterocycles. The summed E-state index contributed by atoms with van der Waals surface area (Å²) in [7, 11) is -2.14. The molecule has 0 aliphatic rings. The molecule has 166 valence electrons. The molecule has 1 aromatic heterocycles. The minimum absolute atomic E-state index is 0.00419. The molecule has 29 heavy (non-hydrogen) atoms. The molecule has 2 atom stereocenters. The summed E-state index contributed by atoms with van der Waals surface area (Å²) in [6.45, 7) is 17.1. The lowest BCUT2D eigenvalue weighted by atomic mass is 10.1. The number of hydrogen-bond donors (Lipinski definition) is 1. The van der Waals surface area contributed by atoms with Crippen molar-refractivity contribution in [3.05, 3.63) is 33.6 Å². The Kier molecular flexibility index (Phi) is 10.4. The van der Waals surface area contributed by atoms with E-state index in [9.17, 15) is 0 Å². The predicted octanol–water partition coefficient (Wildman–Crippen LogP) is 6.28. The summed E-state index contributed by atoms with van der Waals surface area (Å²) < 4.78 is 27.1. The molecule has 7 heteroatoms. The van der Waals surface area contributed by atoms with Gasteiger partial charge in [-0.05, 0) is 57.8 Å². The molecule has 0 saturated heterocycles. The molecule has 0 aromatic carbocycles. The van der Waals surface area contributed by atoms with Crippen LogP contribution in [0.25, 0.3) is 6.08 Å². The first-order valence-corrected chi connectivity index (χ1v) is 14.0. The number of hydrogen-bond acceptors (Lipinski definition) is 5. The molecule has 0 unspecified atom stereocenters. The van der Waals surface area contributed by atoms with Crippen molar-refractivity contribution >= 4 is 25.7 Å². The smallest absolute Gasteiger partial charge is 0.193 e. The Morgan fingerprint density at radius 1 is 1.38 bits per heavy atom. The Morgan fingerprint density at radius 3 is 2.55 bits per heavy atom. The summed E-state index contributed by atoms with van der Waals surface area (Å²) in [4.78, 5) is 4.34. The van der Waals surface area contributed by atoms with Crippen LogP contribution in [0.2, 0.25) is 18.1 Å². The van der Waals surface area contributed by atoms with Crippen LogP contribution in [-0.2, 0) is 9.16 Å². The number of nitrogens with zero attached hydrogens (tertiary/aromatic N) is 1. The van der Waals surface area contributed by atoms with Gasteiger partial charge in [0.15, 0.2) is 8.32 Å². The van der Waals surface area contributed by atoms with Crippen molar-refractivity contribution in [1.82, 2.24) is 4.98 Å². The van der Waals surface area contributed by atoms with E-state index in [-0.39, 0.29) is 23.6 Å². The summed E-state index contributed by atoms with van der Waals surface area (Å²) >= 11 is 1.51. The van der Waals surface area contributed by atoms with Crippen molar-refractivity contribution in [3.8, 4) is 0 Å². The highest BCUT2D eigenvalue weighted by Crippen LogP contribution is 2.39. The zero-order valence-electron chi connectivity index (χ0n) is 19.2. The Morgan fingerprint density at radius 2 is 2.03 bits per heavy atom. The summed E-state index contributed by atoms with van der Waals surface area (Å²) in [6, 6.07) is 0. The molecule has 1 N–H and O–H groups in total. The first-order valence-electron chi connectivity index (χ1n) is 10.2. The van der Waals surface area contributed by atoms with Gasteiger partial charge in [0.2, 0.25) is 0 Å². The van der Waals surface area contributed by atoms with Gasteiger partial charge in [0.05, 0.1) is 30.0 Å². The maximum atomic E-state index is 15.2. The van der Waals surface area contributed by atoms with E-state index in [1.54, 1.807) is 0 Å². The summed E-state index contributed by atoms with van der Waals surface area (Å²) in [5.74, 6) is -0.283. The maximum absolute atomic E-state index is 15.2. The van der Waals surface area contributed by atoms with Gasteiger partial charge in [-0.3, -0.25) is 0 Å². The second-order valence-corrected chi connectivity index (χ2v) is 14.9. The van der Waals surface area contributed by atoms with Crippen LogP contribution in [0.15, 0.2) is 22.9 Å². The van der Waals surface area contributed by atoms with E-state index in [1.807, 2.05) is 32.2 Å². The largest absolute Gasteiger partial charge is 0.407 e. The van der Waals surface area contributed by atoms with Gasteiger partial charge in [-0.15, -0.1) is 11.3 Å². The lowest BCUT2D eigenvalue weighted by Crippen LogP contribution is -2.44. The second-order valence-electron chi connectivity index (χ2n) is 9.09. The van der Waals surface area contributed by atoms with Crippen LogP contribution in [0.3, 0.4) is 0 Å². The van der Waals surface area contributed by atoms with Crippen molar-refractivity contribution in [1.29, 1.82) is 0 Å². The number of thiazole rings is 1. The number of aryl methyl sites for hydroxylation is 1. The van der Waals surface area contributed by atoms with Crippen LogP contribution in [0.4, 0.5) is 4.39 Å². The average Bonchev–Trinajstić information content (AvgIpc) is 3.01. The maximum Gasteiger partial charge on any atom is 0.193 e. The molecular weight excluding hydrogens is 405 g/mol. The number of ether oxygens (including phenoxy) is 1. The van der Waals surface area contributed by atoms with E-state index in [0.29, 0.717) is 18.7 Å². The molecular formula is C22H38FNO3SSi. The summed E-state index contributed by atoms with van der Waals surface area (Å²) in [5, 5.41) is 11.8. The van der Waals surface area contributed by atoms with Gasteiger partial charge >= 0.3 is 0 Å². The first-order chi connectivity index (χ1) is 13.4. The van der Waals surface area contributed by atoms with E-state index in [4.69, 9.17) is 14.3 Å². The highest BCUT2D eigenvalue weighted by molar-refractivity contribution is 7.09. The summed E-state index contributed by atoms with van der Waals surface area (Å²) in [6.07, 6.45) is 3.96. The Hall–Kier alpha value is -0.863. The quantitative estimate of drug-likeness (QED) is 0.323. The van der Waals surface area contributed by atoms with Gasteiger partial charge in [0.25, 0.3) is 0 Å². The van der Waals surface area contributed by atoms with Gasteiger partial charge in [0, 0.05) is 5.38 Å². The van der Waals surface area contributed by atoms with Crippen LogP contribution < -0.4 is 0 Å². The van der Waals surface area contributed by atoms with E-state index in [1.165, 1.54) is 17.4 Å². The topological polar surface area (TPSA) is 51.6 Å². The van der Waals surface area contributed by atoms with E-state index >= 15 is 4.39 Å². The average molecular weight is 444 g/mol. The van der Waals surface area contributed by atoms with Crippen molar-refractivity contribution in [2.45, 2.75) is 84.7 Å². The van der Waals surface area contributed by atoms with Crippen LogP contribution in [-0.4, -0.2) is 43.8 Å². The van der Waals surface area contributed by atoms with Gasteiger partial charge < -0.3 is 14.3 Å². The third-order valence-electron chi connectivity index (χ3n) is 5.31. The van der Waals surface area contributed by atoms with Crippen molar-refractivity contribution in [2.24, 2.45) is 0 Å². The normalized spacial score (nSPS) is 16.2. The lowest BCUT2D eigenvalue weighted by molar-refractivity contribution is 0.0267. The van der Waals surface area contributed by atoms with Crippen molar-refractivity contribution in [2.75, 3.05) is 13.2 Å². The molecule has 0 bridgehead atoms. The van der Waals surface area contributed by atoms with E-state index in [2.05, 4.69) is 38.8 Å². The zero-order valence-corrected chi connectivity index (χ0v) is 21.0. The standard InChI is InChI=1S/C22H38FNO3SSi/c1-16(11-12-26-17(2)14-25)9-10-21(27-29(7,8)22(4,5)6)20(23)13-19-15-28-18(3)24-19/h9,13,15,17,21,25H,10-12,14H2,1-8H3/b16-9-,20-13+/t17-,21+/m1/s1. The molecule has 1 heterocycles. The Balaban J connectivity index is 2.92. The van der Waals surface area contributed by atoms with Crippen LogP contribution in [0, 0.1) is 6.92 Å². The number of halogens is 1. The van der Waals surface area contributed by atoms with Gasteiger partial charge in [-0.2, -0.15) is 0 Å². The highest BCUT2D eigenvalue weighted by atomic mass is 32.1. The lowest BCUT2D eigenvalue weighted by Gasteiger charge is -2.38. The first kappa shape index (κ1) is 26.2. The number of aliphatic hydroxyl groups is 1. The SMILES string of the molecule is C/C(=C/C[C@H](O[Si](C)(C)C(C)(C)C)/C(F)=C\c1csc(C)n1)CCO[C@H](C)CO. The van der Waals surface area contributed by atoms with E-state index < -0.39 is 14.4 Å². The fourth-order valence-electron chi connectivity index (χ4n) is 2.31.